The first kappa shape index (κ1) is 12.0. The van der Waals surface area contributed by atoms with E-state index in [1.807, 2.05) is 12.1 Å². The minimum absolute atomic E-state index is 0.118. The molecule has 0 fully saturated rings. The van der Waals surface area contributed by atoms with Crippen LogP contribution in [0.5, 0.6) is 0 Å². The van der Waals surface area contributed by atoms with Gasteiger partial charge in [0, 0.05) is 0 Å². The summed E-state index contributed by atoms with van der Waals surface area (Å²) in [5.41, 5.74) is 3.31. The van der Waals surface area contributed by atoms with Gasteiger partial charge in [0.05, 0.1) is 0 Å². The van der Waals surface area contributed by atoms with Gasteiger partial charge in [-0.15, -0.1) is 0 Å². The van der Waals surface area contributed by atoms with Gasteiger partial charge in [0.1, 0.15) is 0 Å². The van der Waals surface area contributed by atoms with Crippen molar-refractivity contribution in [2.75, 3.05) is 6.61 Å². The second kappa shape index (κ2) is 4.91. The molecule has 18 heavy (non-hydrogen) atoms. The zero-order chi connectivity index (χ0) is 12.5. The van der Waals surface area contributed by atoms with Crippen molar-refractivity contribution < 1.29 is 5.11 Å². The number of halogens is 1. The predicted molar refractivity (Wildman–Crippen MR) is 76.9 cm³/mol. The fraction of sp³-hybridized carbons (Fsp3) is 0.0667. The van der Waals surface area contributed by atoms with E-state index in [9.17, 15) is 5.11 Å². The van der Waals surface area contributed by atoms with Gasteiger partial charge in [-0.3, -0.25) is 0 Å². The van der Waals surface area contributed by atoms with E-state index in [2.05, 4.69) is 36.4 Å². The maximum atomic E-state index is 9.35. The van der Waals surface area contributed by atoms with Crippen molar-refractivity contribution in [3.63, 3.8) is 0 Å². The van der Waals surface area contributed by atoms with Crippen LogP contribution in [0.15, 0.2) is 53.6 Å². The molecule has 0 radical (unpaired) electrons. The quantitative estimate of drug-likeness (QED) is 0.676. The van der Waals surface area contributed by atoms with Gasteiger partial charge in [0.15, 0.2) is 0 Å². The molecule has 0 saturated heterocycles. The summed E-state index contributed by atoms with van der Waals surface area (Å²) in [5, 5.41) is 9.87. The average molecular weight is 322 g/mol. The molecular formula is C15H11ClOSe. The minimum atomic E-state index is -0.118. The molecule has 90 valence electrons. The van der Waals surface area contributed by atoms with Gasteiger partial charge in [-0.1, -0.05) is 0 Å². The molecule has 1 aliphatic heterocycles. The van der Waals surface area contributed by atoms with Crippen LogP contribution in [0.3, 0.4) is 0 Å². The summed E-state index contributed by atoms with van der Waals surface area (Å²) in [7, 11) is 0. The number of rotatable bonds is 1. The van der Waals surface area contributed by atoms with Crippen LogP contribution in [-0.2, 0) is 0 Å². The molecule has 0 saturated carbocycles. The van der Waals surface area contributed by atoms with Gasteiger partial charge in [0.25, 0.3) is 0 Å². The number of benzene rings is 2. The van der Waals surface area contributed by atoms with Crippen molar-refractivity contribution >= 4 is 41.1 Å². The van der Waals surface area contributed by atoms with Gasteiger partial charge in [-0.2, -0.15) is 0 Å². The predicted octanol–water partition coefficient (Wildman–Crippen LogP) is 1.65. The Labute approximate surface area is 117 Å². The Bertz CT molecular complexity index is 586. The summed E-state index contributed by atoms with van der Waals surface area (Å²) in [6.07, 6.45) is 0. The van der Waals surface area contributed by atoms with E-state index in [1.54, 1.807) is 0 Å². The average Bonchev–Trinajstić information content (AvgIpc) is 2.44. The molecule has 0 aromatic heterocycles. The first-order valence-corrected chi connectivity index (χ1v) is 7.76. The molecule has 1 heterocycles. The van der Waals surface area contributed by atoms with Gasteiger partial charge in [0.2, 0.25) is 0 Å². The number of hydrogen-bond donors (Lipinski definition) is 1. The van der Waals surface area contributed by atoms with Crippen molar-refractivity contribution in [2.24, 2.45) is 0 Å². The fourth-order valence-corrected chi connectivity index (χ4v) is 4.65. The molecule has 0 bridgehead atoms. The Morgan fingerprint density at radius 1 is 0.944 bits per heavy atom. The van der Waals surface area contributed by atoms with Crippen molar-refractivity contribution in [3.05, 3.63) is 64.7 Å². The Morgan fingerprint density at radius 2 is 1.44 bits per heavy atom. The third kappa shape index (κ3) is 1.92. The molecule has 1 N–H and O–H groups in total. The second-order valence-electron chi connectivity index (χ2n) is 4.03. The van der Waals surface area contributed by atoms with Gasteiger partial charge < -0.3 is 0 Å². The molecule has 0 spiro atoms. The Balaban J connectivity index is 2.31. The topological polar surface area (TPSA) is 20.2 Å². The number of fused-ring (bicyclic) bond motifs is 2. The van der Waals surface area contributed by atoms with Crippen LogP contribution in [0.1, 0.15) is 11.1 Å². The molecule has 1 nitrogen and oxygen atoms in total. The van der Waals surface area contributed by atoms with Crippen molar-refractivity contribution in [1.29, 1.82) is 0 Å². The Kier molecular flexibility index (Phi) is 3.27. The van der Waals surface area contributed by atoms with Gasteiger partial charge in [-0.05, 0) is 0 Å². The Morgan fingerprint density at radius 3 is 1.94 bits per heavy atom. The van der Waals surface area contributed by atoms with Crippen LogP contribution in [0.4, 0.5) is 0 Å². The van der Waals surface area contributed by atoms with Crippen LogP contribution in [0.2, 0.25) is 0 Å². The Hall–Kier alpha value is -1.05. The van der Waals surface area contributed by atoms with Crippen molar-refractivity contribution in [1.82, 2.24) is 0 Å². The SMILES string of the molecule is OCC(Cl)=C1c2ccccc2[Se]c2ccccc21. The zero-order valence-corrected chi connectivity index (χ0v) is 12.0. The summed E-state index contributed by atoms with van der Waals surface area (Å²) >= 11 is 6.54. The zero-order valence-electron chi connectivity index (χ0n) is 9.56. The standard InChI is InChI=1S/C15H11ClOSe/c16-12(9-17)15-10-5-1-3-7-13(10)18-14-8-4-2-6-11(14)15/h1-8,17H,9H2. The van der Waals surface area contributed by atoms with Gasteiger partial charge in [-0.25, -0.2) is 0 Å². The van der Waals surface area contributed by atoms with Crippen molar-refractivity contribution in [2.45, 2.75) is 0 Å². The van der Waals surface area contributed by atoms with E-state index >= 15 is 0 Å². The first-order chi connectivity index (χ1) is 8.81. The second-order valence-corrected chi connectivity index (χ2v) is 6.76. The molecule has 0 amide bonds. The molecule has 0 unspecified atom stereocenters. The van der Waals surface area contributed by atoms with E-state index in [0.717, 1.165) is 16.7 Å². The maximum absolute atomic E-state index is 9.35. The molecule has 0 aliphatic carbocycles. The summed E-state index contributed by atoms with van der Waals surface area (Å²) in [6, 6.07) is 16.6. The summed E-state index contributed by atoms with van der Waals surface area (Å²) in [4.78, 5) is 0. The molecule has 3 heteroatoms. The number of aliphatic hydroxyl groups excluding tert-OH is 1. The first-order valence-electron chi connectivity index (χ1n) is 5.67. The number of hydrogen-bond acceptors (Lipinski definition) is 1. The molecular weight excluding hydrogens is 311 g/mol. The molecule has 2 aromatic rings. The van der Waals surface area contributed by atoms with Crippen molar-refractivity contribution in [3.8, 4) is 0 Å². The van der Waals surface area contributed by atoms with Gasteiger partial charge >= 0.3 is 117 Å². The van der Waals surface area contributed by atoms with E-state index in [4.69, 9.17) is 11.6 Å². The number of aliphatic hydroxyl groups is 1. The van der Waals surface area contributed by atoms with E-state index in [0.29, 0.717) is 20.0 Å². The summed E-state index contributed by atoms with van der Waals surface area (Å²) in [6.45, 7) is -0.118. The van der Waals surface area contributed by atoms with Crippen LogP contribution in [0, 0.1) is 0 Å². The van der Waals surface area contributed by atoms with Crippen LogP contribution >= 0.6 is 11.6 Å². The van der Waals surface area contributed by atoms with Crippen LogP contribution in [0.25, 0.3) is 5.57 Å². The normalized spacial score (nSPS) is 12.9. The molecule has 3 rings (SSSR count). The monoisotopic (exact) mass is 322 g/mol. The van der Waals surface area contributed by atoms with Crippen LogP contribution in [-0.4, -0.2) is 26.7 Å². The molecule has 0 atom stereocenters. The summed E-state index contributed by atoms with van der Waals surface area (Å²) < 4.78 is 2.65. The van der Waals surface area contributed by atoms with Crippen LogP contribution < -0.4 is 8.92 Å². The summed E-state index contributed by atoms with van der Waals surface area (Å²) in [5.74, 6) is 0. The third-order valence-corrected chi connectivity index (χ3v) is 5.67. The molecule has 1 aliphatic rings. The van der Waals surface area contributed by atoms with E-state index in [1.165, 1.54) is 8.92 Å². The third-order valence-electron chi connectivity index (χ3n) is 2.94. The fourth-order valence-electron chi connectivity index (χ4n) is 2.16. The van der Waals surface area contributed by atoms with E-state index in [-0.39, 0.29) is 6.61 Å². The molecule has 2 aromatic carbocycles. The van der Waals surface area contributed by atoms with E-state index < -0.39 is 0 Å².